The molecule has 0 aliphatic carbocycles. The summed E-state index contributed by atoms with van der Waals surface area (Å²) in [4.78, 5) is 0. The maximum absolute atomic E-state index is 9.52. The van der Waals surface area contributed by atoms with Crippen molar-refractivity contribution in [3.63, 3.8) is 0 Å². The lowest BCUT2D eigenvalue weighted by Crippen LogP contribution is -2.11. The Morgan fingerprint density at radius 2 is 2.33 bits per heavy atom. The molecule has 2 rings (SSSR count). The first-order valence-corrected chi connectivity index (χ1v) is 5.73. The molecular weight excluding hydrogens is 210 g/mol. The number of halogens is 1. The minimum absolute atomic E-state index is 0.317. The summed E-state index contributed by atoms with van der Waals surface area (Å²) >= 11 is 6.21. The molecule has 1 atom stereocenters. The first-order chi connectivity index (χ1) is 7.16. The largest absolute Gasteiger partial charge is 0.508 e. The van der Waals surface area contributed by atoms with Crippen LogP contribution in [0, 0.1) is 12.8 Å². The number of rotatable bonds is 2. The molecule has 3 heteroatoms. The molecular formula is C12H16ClNO. The Labute approximate surface area is 95.3 Å². The SMILES string of the molecule is Cc1cc(O)cc(CC2CCNC2)c1Cl. The van der Waals surface area contributed by atoms with Crippen molar-refractivity contribution in [3.8, 4) is 5.75 Å². The monoisotopic (exact) mass is 225 g/mol. The van der Waals surface area contributed by atoms with Crippen molar-refractivity contribution in [1.29, 1.82) is 0 Å². The molecule has 1 aliphatic rings. The summed E-state index contributed by atoms with van der Waals surface area (Å²) < 4.78 is 0. The van der Waals surface area contributed by atoms with Crippen LogP contribution in [0.5, 0.6) is 5.75 Å². The Kier molecular flexibility index (Phi) is 3.17. The van der Waals surface area contributed by atoms with Crippen LogP contribution in [0.25, 0.3) is 0 Å². The Balaban J connectivity index is 2.19. The third-order valence-electron chi connectivity index (χ3n) is 2.99. The molecule has 1 fully saturated rings. The van der Waals surface area contributed by atoms with E-state index in [4.69, 9.17) is 11.6 Å². The highest BCUT2D eigenvalue weighted by atomic mass is 35.5. The summed E-state index contributed by atoms with van der Waals surface area (Å²) in [6.45, 7) is 4.09. The Morgan fingerprint density at radius 3 is 3.00 bits per heavy atom. The molecule has 15 heavy (non-hydrogen) atoms. The van der Waals surface area contributed by atoms with Gasteiger partial charge >= 0.3 is 0 Å². The topological polar surface area (TPSA) is 32.3 Å². The van der Waals surface area contributed by atoms with E-state index in [9.17, 15) is 5.11 Å². The third-order valence-corrected chi connectivity index (χ3v) is 3.53. The van der Waals surface area contributed by atoms with Gasteiger partial charge in [-0.2, -0.15) is 0 Å². The molecule has 2 N–H and O–H groups in total. The second-order valence-corrected chi connectivity index (χ2v) is 4.68. The van der Waals surface area contributed by atoms with Crippen LogP contribution in [0.3, 0.4) is 0 Å². The van der Waals surface area contributed by atoms with Crippen LogP contribution in [0.2, 0.25) is 5.02 Å². The molecule has 2 nitrogen and oxygen atoms in total. The van der Waals surface area contributed by atoms with Gasteiger partial charge in [-0.25, -0.2) is 0 Å². The summed E-state index contributed by atoms with van der Waals surface area (Å²) in [5.41, 5.74) is 2.03. The molecule has 82 valence electrons. The molecule has 0 bridgehead atoms. The molecule has 0 radical (unpaired) electrons. The van der Waals surface area contributed by atoms with E-state index in [0.29, 0.717) is 11.7 Å². The minimum atomic E-state index is 0.317. The van der Waals surface area contributed by atoms with Gasteiger partial charge in [-0.15, -0.1) is 0 Å². The molecule has 0 amide bonds. The highest BCUT2D eigenvalue weighted by molar-refractivity contribution is 6.32. The van der Waals surface area contributed by atoms with Crippen molar-refractivity contribution in [2.45, 2.75) is 19.8 Å². The fourth-order valence-corrected chi connectivity index (χ4v) is 2.36. The van der Waals surface area contributed by atoms with Gasteiger partial charge in [0.15, 0.2) is 0 Å². The van der Waals surface area contributed by atoms with E-state index < -0.39 is 0 Å². The molecule has 0 spiro atoms. The van der Waals surface area contributed by atoms with Crippen molar-refractivity contribution in [2.75, 3.05) is 13.1 Å². The van der Waals surface area contributed by atoms with Gasteiger partial charge in [0.25, 0.3) is 0 Å². The molecule has 1 heterocycles. The van der Waals surface area contributed by atoms with E-state index >= 15 is 0 Å². The van der Waals surface area contributed by atoms with Gasteiger partial charge in [-0.05, 0) is 62.0 Å². The average Bonchev–Trinajstić information content (AvgIpc) is 2.66. The standard InChI is InChI=1S/C12H16ClNO/c1-8-4-11(15)6-10(12(8)13)5-9-2-3-14-7-9/h4,6,9,14-15H,2-3,5,7H2,1H3. The number of phenolic OH excluding ortho intramolecular Hbond substituents is 1. The highest BCUT2D eigenvalue weighted by Crippen LogP contribution is 2.28. The Hall–Kier alpha value is -0.730. The highest BCUT2D eigenvalue weighted by Gasteiger charge is 2.17. The fraction of sp³-hybridized carbons (Fsp3) is 0.500. The quantitative estimate of drug-likeness (QED) is 0.811. The number of hydrogen-bond donors (Lipinski definition) is 2. The van der Waals surface area contributed by atoms with Crippen LogP contribution in [-0.2, 0) is 6.42 Å². The maximum Gasteiger partial charge on any atom is 0.116 e. The number of aryl methyl sites for hydroxylation is 1. The van der Waals surface area contributed by atoms with Gasteiger partial charge in [0.05, 0.1) is 0 Å². The molecule has 1 aromatic carbocycles. The van der Waals surface area contributed by atoms with Crippen LogP contribution in [0.4, 0.5) is 0 Å². The average molecular weight is 226 g/mol. The van der Waals surface area contributed by atoms with E-state index in [0.717, 1.165) is 35.7 Å². The Bertz CT molecular complexity index is 359. The van der Waals surface area contributed by atoms with Gasteiger partial charge < -0.3 is 10.4 Å². The van der Waals surface area contributed by atoms with Crippen LogP contribution < -0.4 is 5.32 Å². The van der Waals surface area contributed by atoms with Crippen LogP contribution in [0.1, 0.15) is 17.5 Å². The predicted molar refractivity (Wildman–Crippen MR) is 62.5 cm³/mol. The second-order valence-electron chi connectivity index (χ2n) is 4.30. The normalized spacial score (nSPS) is 20.8. The summed E-state index contributed by atoms with van der Waals surface area (Å²) in [5, 5.41) is 13.7. The molecule has 0 aromatic heterocycles. The van der Waals surface area contributed by atoms with Gasteiger partial charge in [-0.1, -0.05) is 11.6 Å². The Morgan fingerprint density at radius 1 is 1.53 bits per heavy atom. The van der Waals surface area contributed by atoms with E-state index in [2.05, 4.69) is 5.32 Å². The van der Waals surface area contributed by atoms with Gasteiger partial charge in [0.1, 0.15) is 5.75 Å². The summed E-state index contributed by atoms with van der Waals surface area (Å²) in [6.07, 6.45) is 2.16. The van der Waals surface area contributed by atoms with Crippen molar-refractivity contribution in [3.05, 3.63) is 28.3 Å². The minimum Gasteiger partial charge on any atom is -0.508 e. The molecule has 1 saturated heterocycles. The maximum atomic E-state index is 9.52. The van der Waals surface area contributed by atoms with E-state index in [1.165, 1.54) is 6.42 Å². The zero-order valence-corrected chi connectivity index (χ0v) is 9.64. The molecule has 1 aromatic rings. The van der Waals surface area contributed by atoms with E-state index in [-0.39, 0.29) is 0 Å². The lowest BCUT2D eigenvalue weighted by atomic mass is 9.97. The summed E-state index contributed by atoms with van der Waals surface area (Å²) in [7, 11) is 0. The number of hydrogen-bond acceptors (Lipinski definition) is 2. The summed E-state index contributed by atoms with van der Waals surface area (Å²) in [5.74, 6) is 0.974. The van der Waals surface area contributed by atoms with Crippen LogP contribution in [-0.4, -0.2) is 18.2 Å². The van der Waals surface area contributed by atoms with Crippen molar-refractivity contribution < 1.29 is 5.11 Å². The number of nitrogens with one attached hydrogen (secondary N) is 1. The number of benzene rings is 1. The van der Waals surface area contributed by atoms with Crippen LogP contribution in [0.15, 0.2) is 12.1 Å². The second kappa shape index (κ2) is 4.42. The number of phenols is 1. The van der Waals surface area contributed by atoms with Crippen LogP contribution >= 0.6 is 11.6 Å². The lowest BCUT2D eigenvalue weighted by molar-refractivity contribution is 0.473. The first kappa shape index (κ1) is 10.8. The van der Waals surface area contributed by atoms with E-state index in [1.807, 2.05) is 6.92 Å². The fourth-order valence-electron chi connectivity index (χ4n) is 2.17. The predicted octanol–water partition coefficient (Wildman–Crippen LogP) is 2.51. The third kappa shape index (κ3) is 2.44. The molecule has 0 saturated carbocycles. The van der Waals surface area contributed by atoms with E-state index in [1.54, 1.807) is 12.1 Å². The smallest absolute Gasteiger partial charge is 0.116 e. The van der Waals surface area contributed by atoms with Gasteiger partial charge in [0.2, 0.25) is 0 Å². The van der Waals surface area contributed by atoms with Gasteiger partial charge in [-0.3, -0.25) is 0 Å². The van der Waals surface area contributed by atoms with Crippen molar-refractivity contribution >= 4 is 11.6 Å². The van der Waals surface area contributed by atoms with Crippen molar-refractivity contribution in [1.82, 2.24) is 5.32 Å². The molecule has 1 unspecified atom stereocenters. The summed E-state index contributed by atoms with van der Waals surface area (Å²) in [6, 6.07) is 3.49. The van der Waals surface area contributed by atoms with Crippen molar-refractivity contribution in [2.24, 2.45) is 5.92 Å². The molecule has 1 aliphatic heterocycles. The lowest BCUT2D eigenvalue weighted by Gasteiger charge is -2.12. The first-order valence-electron chi connectivity index (χ1n) is 5.35. The zero-order valence-electron chi connectivity index (χ0n) is 8.89. The number of aromatic hydroxyl groups is 1. The zero-order chi connectivity index (χ0) is 10.8. The van der Waals surface area contributed by atoms with Gasteiger partial charge in [0, 0.05) is 5.02 Å².